The molecule has 4 N–H and O–H groups in total. The van der Waals surface area contributed by atoms with Crippen LogP contribution >= 0.6 is 0 Å². The predicted octanol–water partition coefficient (Wildman–Crippen LogP) is 0.264. The highest BCUT2D eigenvalue weighted by molar-refractivity contribution is 5.60. The van der Waals surface area contributed by atoms with E-state index >= 15 is 0 Å². The van der Waals surface area contributed by atoms with E-state index in [2.05, 4.69) is 21.6 Å². The molecule has 164 valence electrons. The Balaban J connectivity index is 1.64. The van der Waals surface area contributed by atoms with Crippen LogP contribution < -0.4 is 16.4 Å². The highest BCUT2D eigenvalue weighted by Gasteiger charge is 2.36. The number of ether oxygens (including phenoxy) is 5. The number of rotatable bonds is 8. The molecule has 3 aliphatic heterocycles. The quantitative estimate of drug-likeness (QED) is 0.480. The number of dihydropyridines is 1. The van der Waals surface area contributed by atoms with Crippen LogP contribution in [0.4, 0.5) is 0 Å². The lowest BCUT2D eigenvalue weighted by Gasteiger charge is -2.42. The van der Waals surface area contributed by atoms with Crippen molar-refractivity contribution in [3.63, 3.8) is 0 Å². The molecule has 0 aromatic rings. The molecule has 2 atom stereocenters. The lowest BCUT2D eigenvalue weighted by molar-refractivity contribution is -0.0615. The summed E-state index contributed by atoms with van der Waals surface area (Å²) in [5.41, 5.74) is 9.82. The van der Waals surface area contributed by atoms with Crippen molar-refractivity contribution in [2.45, 2.75) is 18.5 Å². The van der Waals surface area contributed by atoms with Gasteiger partial charge in [-0.1, -0.05) is 0 Å². The first-order valence-electron chi connectivity index (χ1n) is 10.1. The maximum atomic E-state index is 6.66. The fourth-order valence-electron chi connectivity index (χ4n) is 4.00. The van der Waals surface area contributed by atoms with Crippen LogP contribution in [0, 0.1) is 0 Å². The normalized spacial score (nSPS) is 26.1. The standard InChI is InChI=1S/C21H30N4O5/c1-23-19-9-13-14-8-17(27-3)18(28-5-4-26-2)10-16(14)24-11-15(13)21(22)25(19)12-20-29-6-7-30-20/h8-11,16,20-21,23-24H,4-7,12,22H2,1-3H3. The molecule has 9 heteroatoms. The van der Waals surface area contributed by atoms with Crippen molar-refractivity contribution in [2.75, 3.05) is 54.2 Å². The van der Waals surface area contributed by atoms with Crippen LogP contribution in [0.3, 0.4) is 0 Å². The zero-order valence-electron chi connectivity index (χ0n) is 17.6. The van der Waals surface area contributed by atoms with Crippen LogP contribution in [-0.2, 0) is 23.7 Å². The van der Waals surface area contributed by atoms with E-state index in [1.807, 2.05) is 25.4 Å². The lowest BCUT2D eigenvalue weighted by Crippen LogP contribution is -2.52. The fraction of sp³-hybridized carbons (Fsp3) is 0.524. The monoisotopic (exact) mass is 418 g/mol. The summed E-state index contributed by atoms with van der Waals surface area (Å²) in [5, 5.41) is 6.70. The molecule has 0 aromatic carbocycles. The molecular formula is C21H30N4O5. The molecule has 0 aromatic heterocycles. The number of allylic oxidation sites excluding steroid dienone is 1. The highest BCUT2D eigenvalue weighted by atomic mass is 16.7. The van der Waals surface area contributed by atoms with Crippen LogP contribution in [0.5, 0.6) is 0 Å². The number of hydrogen-bond acceptors (Lipinski definition) is 9. The summed E-state index contributed by atoms with van der Waals surface area (Å²) in [7, 11) is 5.18. The zero-order chi connectivity index (χ0) is 21.1. The molecule has 9 nitrogen and oxygen atoms in total. The third kappa shape index (κ3) is 3.93. The van der Waals surface area contributed by atoms with Crippen molar-refractivity contribution in [2.24, 2.45) is 5.73 Å². The van der Waals surface area contributed by atoms with Gasteiger partial charge in [-0.3, -0.25) is 0 Å². The van der Waals surface area contributed by atoms with Crippen LogP contribution in [0.1, 0.15) is 0 Å². The first kappa shape index (κ1) is 20.8. The Kier molecular flexibility index (Phi) is 6.33. The van der Waals surface area contributed by atoms with Crippen molar-refractivity contribution in [1.29, 1.82) is 0 Å². The minimum absolute atomic E-state index is 0.0326. The lowest BCUT2D eigenvalue weighted by atomic mass is 9.85. The Morgan fingerprint density at radius 1 is 1.20 bits per heavy atom. The summed E-state index contributed by atoms with van der Waals surface area (Å²) < 4.78 is 27.7. The number of nitrogens with one attached hydrogen (secondary N) is 2. The number of nitrogens with zero attached hydrogens (tertiary/aromatic N) is 1. The SMILES string of the molecule is CNC1=CC2=C3C=C(OC)C(OCCOC)=CC3NC=C2C(N)N1CC1OCCO1. The van der Waals surface area contributed by atoms with Crippen LogP contribution in [0.25, 0.3) is 0 Å². The van der Waals surface area contributed by atoms with Gasteiger partial charge in [-0.25, -0.2) is 0 Å². The maximum absolute atomic E-state index is 6.66. The van der Waals surface area contributed by atoms with Gasteiger partial charge in [0.25, 0.3) is 0 Å². The van der Waals surface area contributed by atoms with Gasteiger partial charge >= 0.3 is 0 Å². The number of nitrogens with two attached hydrogens (primary N) is 1. The van der Waals surface area contributed by atoms with Gasteiger partial charge < -0.3 is 45.0 Å². The second-order valence-corrected chi connectivity index (χ2v) is 7.25. The third-order valence-electron chi connectivity index (χ3n) is 5.53. The van der Waals surface area contributed by atoms with Crippen molar-refractivity contribution < 1.29 is 23.7 Å². The van der Waals surface area contributed by atoms with Crippen molar-refractivity contribution >= 4 is 0 Å². The Morgan fingerprint density at radius 3 is 2.70 bits per heavy atom. The minimum Gasteiger partial charge on any atom is -0.493 e. The first-order valence-corrected chi connectivity index (χ1v) is 10.1. The van der Waals surface area contributed by atoms with E-state index in [1.165, 1.54) is 0 Å². The van der Waals surface area contributed by atoms with Gasteiger partial charge in [-0.05, 0) is 29.4 Å². The second-order valence-electron chi connectivity index (χ2n) is 7.25. The van der Waals surface area contributed by atoms with Crippen molar-refractivity contribution in [3.8, 4) is 0 Å². The van der Waals surface area contributed by atoms with E-state index in [4.69, 9.17) is 29.4 Å². The zero-order valence-corrected chi connectivity index (χ0v) is 17.6. The molecule has 2 unspecified atom stereocenters. The van der Waals surface area contributed by atoms with Crippen LogP contribution in [0.15, 0.2) is 58.5 Å². The molecule has 1 fully saturated rings. The summed E-state index contributed by atoms with van der Waals surface area (Å²) >= 11 is 0. The summed E-state index contributed by atoms with van der Waals surface area (Å²) in [4.78, 5) is 2.06. The highest BCUT2D eigenvalue weighted by Crippen LogP contribution is 2.36. The molecule has 0 radical (unpaired) electrons. The van der Waals surface area contributed by atoms with Gasteiger partial charge in [0.15, 0.2) is 17.8 Å². The molecule has 0 amide bonds. The number of fused-ring (bicyclic) bond motifs is 2. The molecule has 3 heterocycles. The van der Waals surface area contributed by atoms with E-state index in [1.54, 1.807) is 14.2 Å². The van der Waals surface area contributed by atoms with E-state index in [9.17, 15) is 0 Å². The summed E-state index contributed by atoms with van der Waals surface area (Å²) in [6.45, 7) is 2.74. The Hall–Kier alpha value is -2.46. The molecule has 0 saturated carbocycles. The number of hydrogen-bond donors (Lipinski definition) is 3. The van der Waals surface area contributed by atoms with E-state index in [0.29, 0.717) is 44.5 Å². The largest absolute Gasteiger partial charge is 0.493 e. The van der Waals surface area contributed by atoms with E-state index in [0.717, 1.165) is 22.5 Å². The average Bonchev–Trinajstić information content (AvgIpc) is 3.28. The van der Waals surface area contributed by atoms with Crippen LogP contribution in [0.2, 0.25) is 0 Å². The average molecular weight is 418 g/mol. The predicted molar refractivity (Wildman–Crippen MR) is 111 cm³/mol. The molecule has 1 saturated heterocycles. The smallest absolute Gasteiger partial charge is 0.175 e. The molecule has 0 spiro atoms. The third-order valence-corrected chi connectivity index (χ3v) is 5.53. The Labute approximate surface area is 176 Å². The van der Waals surface area contributed by atoms with E-state index in [-0.39, 0.29) is 18.5 Å². The molecule has 1 aliphatic carbocycles. The molecule has 0 bridgehead atoms. The van der Waals surface area contributed by atoms with Gasteiger partial charge in [-0.15, -0.1) is 0 Å². The summed E-state index contributed by atoms with van der Waals surface area (Å²) in [5.74, 6) is 2.29. The molecule has 4 rings (SSSR count). The molecule has 30 heavy (non-hydrogen) atoms. The van der Waals surface area contributed by atoms with Crippen molar-refractivity contribution in [1.82, 2.24) is 15.5 Å². The first-order chi connectivity index (χ1) is 14.7. The van der Waals surface area contributed by atoms with Gasteiger partial charge in [0.1, 0.15) is 18.6 Å². The van der Waals surface area contributed by atoms with Gasteiger partial charge in [0.2, 0.25) is 0 Å². The Bertz CT molecular complexity index is 810. The summed E-state index contributed by atoms with van der Waals surface area (Å²) in [6.07, 6.45) is 7.50. The molecule has 4 aliphatic rings. The molecular weight excluding hydrogens is 388 g/mol. The topological polar surface area (TPSA) is 99.5 Å². The van der Waals surface area contributed by atoms with Gasteiger partial charge in [0, 0.05) is 25.9 Å². The van der Waals surface area contributed by atoms with Crippen LogP contribution in [-0.4, -0.2) is 77.6 Å². The second kappa shape index (κ2) is 9.13. The Morgan fingerprint density at radius 2 is 2.00 bits per heavy atom. The van der Waals surface area contributed by atoms with E-state index < -0.39 is 0 Å². The van der Waals surface area contributed by atoms with Crippen molar-refractivity contribution in [3.05, 3.63) is 58.5 Å². The maximum Gasteiger partial charge on any atom is 0.175 e. The summed E-state index contributed by atoms with van der Waals surface area (Å²) in [6, 6.07) is -0.0326. The fourth-order valence-corrected chi connectivity index (χ4v) is 4.00. The van der Waals surface area contributed by atoms with Gasteiger partial charge in [-0.2, -0.15) is 0 Å². The number of methoxy groups -OCH3 is 2. The minimum atomic E-state index is -0.344. The van der Waals surface area contributed by atoms with Gasteiger partial charge in [0.05, 0.1) is 39.5 Å².